The summed E-state index contributed by atoms with van der Waals surface area (Å²) in [5, 5.41) is 0.771. The molecule has 2 aromatic carbocycles. The zero-order valence-corrected chi connectivity index (χ0v) is 21.0. The fourth-order valence-electron chi connectivity index (χ4n) is 5.24. The maximum absolute atomic E-state index is 6.79. The van der Waals surface area contributed by atoms with Crippen LogP contribution in [0.25, 0.3) is 16.8 Å². The van der Waals surface area contributed by atoms with Crippen LogP contribution in [-0.2, 0) is 17.9 Å². The average Bonchev–Trinajstić information content (AvgIpc) is 3.32. The Morgan fingerprint density at radius 3 is 2.54 bits per heavy atom. The zero-order chi connectivity index (χ0) is 23.8. The summed E-state index contributed by atoms with van der Waals surface area (Å²) < 4.78 is 13.8. The second kappa shape index (κ2) is 9.82. The van der Waals surface area contributed by atoms with E-state index in [2.05, 4.69) is 68.8 Å². The van der Waals surface area contributed by atoms with E-state index in [1.165, 1.54) is 5.69 Å². The Balaban J connectivity index is 1.21. The van der Waals surface area contributed by atoms with Gasteiger partial charge in [-0.2, -0.15) is 0 Å². The molecule has 8 heteroatoms. The van der Waals surface area contributed by atoms with Gasteiger partial charge in [0.25, 0.3) is 0 Å². The van der Waals surface area contributed by atoms with Crippen molar-refractivity contribution in [1.82, 2.24) is 19.4 Å². The number of nitrogens with zero attached hydrogens (tertiary/aromatic N) is 5. The molecule has 0 radical (unpaired) electrons. The molecule has 3 aliphatic heterocycles. The van der Waals surface area contributed by atoms with Gasteiger partial charge in [-0.3, -0.25) is 9.47 Å². The molecule has 184 valence electrons. The SMILES string of the molecule is CCN1CCN(c2ccc(-c3ccc4c(c3)OCc3nc(CN5CCOCC5)cn3-4)c(Cl)c2)CC1. The van der Waals surface area contributed by atoms with Gasteiger partial charge in [-0.05, 0) is 36.4 Å². The topological polar surface area (TPSA) is 46.0 Å². The number of aromatic nitrogens is 2. The van der Waals surface area contributed by atoms with Crippen LogP contribution in [0.2, 0.25) is 5.02 Å². The first-order chi connectivity index (χ1) is 17.2. The Labute approximate surface area is 211 Å². The monoisotopic (exact) mass is 493 g/mol. The summed E-state index contributed by atoms with van der Waals surface area (Å²) in [5.74, 6) is 1.81. The van der Waals surface area contributed by atoms with Crippen LogP contribution < -0.4 is 9.64 Å². The highest BCUT2D eigenvalue weighted by Gasteiger charge is 2.22. The number of rotatable bonds is 5. The average molecular weight is 494 g/mol. The largest absolute Gasteiger partial charge is 0.483 e. The van der Waals surface area contributed by atoms with Crippen molar-refractivity contribution in [2.45, 2.75) is 20.1 Å². The summed E-state index contributed by atoms with van der Waals surface area (Å²) in [6.45, 7) is 12.4. The molecule has 4 heterocycles. The Morgan fingerprint density at radius 1 is 0.943 bits per heavy atom. The number of ether oxygens (including phenoxy) is 2. The summed E-state index contributed by atoms with van der Waals surface area (Å²) in [4.78, 5) is 12.1. The van der Waals surface area contributed by atoms with Crippen LogP contribution in [0.1, 0.15) is 18.4 Å². The van der Waals surface area contributed by atoms with Crippen LogP contribution in [0, 0.1) is 0 Å². The number of likely N-dealkylation sites (N-methyl/N-ethyl adjacent to an activating group) is 1. The van der Waals surface area contributed by atoms with Gasteiger partial charge < -0.3 is 19.3 Å². The molecule has 6 rings (SSSR count). The molecule has 0 aliphatic carbocycles. The third-order valence-corrected chi connectivity index (χ3v) is 7.66. The molecule has 3 aromatic rings. The van der Waals surface area contributed by atoms with E-state index in [1.54, 1.807) is 0 Å². The summed E-state index contributed by atoms with van der Waals surface area (Å²) in [6.07, 6.45) is 2.14. The molecule has 0 unspecified atom stereocenters. The lowest BCUT2D eigenvalue weighted by Gasteiger charge is -2.35. The molecule has 0 N–H and O–H groups in total. The van der Waals surface area contributed by atoms with Gasteiger partial charge in [0.15, 0.2) is 5.82 Å². The molecule has 0 amide bonds. The first-order valence-electron chi connectivity index (χ1n) is 12.6. The van der Waals surface area contributed by atoms with Gasteiger partial charge in [0.1, 0.15) is 12.4 Å². The van der Waals surface area contributed by atoms with Crippen molar-refractivity contribution in [3.63, 3.8) is 0 Å². The van der Waals surface area contributed by atoms with Gasteiger partial charge in [0.05, 0.1) is 29.6 Å². The molecule has 3 aliphatic rings. The minimum atomic E-state index is 0.468. The summed E-state index contributed by atoms with van der Waals surface area (Å²) in [7, 11) is 0. The predicted molar refractivity (Wildman–Crippen MR) is 139 cm³/mol. The summed E-state index contributed by atoms with van der Waals surface area (Å²) in [6, 6.07) is 12.8. The van der Waals surface area contributed by atoms with Crippen molar-refractivity contribution < 1.29 is 9.47 Å². The number of hydrogen-bond donors (Lipinski definition) is 0. The Kier molecular flexibility index (Phi) is 6.41. The van der Waals surface area contributed by atoms with Crippen LogP contribution in [0.5, 0.6) is 5.75 Å². The van der Waals surface area contributed by atoms with E-state index in [4.69, 9.17) is 26.1 Å². The number of piperazine rings is 1. The van der Waals surface area contributed by atoms with Crippen molar-refractivity contribution in [3.05, 3.63) is 59.1 Å². The maximum Gasteiger partial charge on any atom is 0.151 e. The van der Waals surface area contributed by atoms with E-state index < -0.39 is 0 Å². The summed E-state index contributed by atoms with van der Waals surface area (Å²) >= 11 is 6.79. The first-order valence-corrected chi connectivity index (χ1v) is 13.0. The lowest BCUT2D eigenvalue weighted by Crippen LogP contribution is -2.46. The van der Waals surface area contributed by atoms with Crippen LogP contribution in [0.3, 0.4) is 0 Å². The number of anilines is 1. The Morgan fingerprint density at radius 2 is 1.77 bits per heavy atom. The van der Waals surface area contributed by atoms with Crippen molar-refractivity contribution >= 4 is 17.3 Å². The zero-order valence-electron chi connectivity index (χ0n) is 20.3. The van der Waals surface area contributed by atoms with Crippen LogP contribution >= 0.6 is 11.6 Å². The minimum absolute atomic E-state index is 0.468. The van der Waals surface area contributed by atoms with E-state index in [1.807, 2.05) is 0 Å². The highest BCUT2D eigenvalue weighted by Crippen LogP contribution is 2.37. The highest BCUT2D eigenvalue weighted by molar-refractivity contribution is 6.33. The molecule has 0 bridgehead atoms. The lowest BCUT2D eigenvalue weighted by molar-refractivity contribution is 0.0337. The summed E-state index contributed by atoms with van der Waals surface area (Å²) in [5.41, 5.74) is 5.38. The molecule has 1 aromatic heterocycles. The van der Waals surface area contributed by atoms with Crippen molar-refractivity contribution in [2.75, 3.05) is 63.9 Å². The van der Waals surface area contributed by atoms with E-state index in [0.29, 0.717) is 6.61 Å². The quantitative estimate of drug-likeness (QED) is 0.534. The number of hydrogen-bond acceptors (Lipinski definition) is 6. The second-order valence-corrected chi connectivity index (χ2v) is 9.87. The van der Waals surface area contributed by atoms with Crippen LogP contribution in [0.4, 0.5) is 5.69 Å². The lowest BCUT2D eigenvalue weighted by atomic mass is 10.0. The van der Waals surface area contributed by atoms with Gasteiger partial charge in [0, 0.05) is 63.3 Å². The number of halogens is 1. The Hall–Kier alpha value is -2.58. The third-order valence-electron chi connectivity index (χ3n) is 7.34. The Bertz CT molecular complexity index is 1200. The normalized spacial score (nSPS) is 18.7. The van der Waals surface area contributed by atoms with Gasteiger partial charge >= 0.3 is 0 Å². The standard InChI is InChI=1S/C27H32ClN5O2/c1-2-30-7-9-32(10-8-30)22-4-5-23(24(28)16-22)20-3-6-25-26(15-20)35-19-27-29-21(18-33(25)27)17-31-11-13-34-14-12-31/h3-6,15-16,18H,2,7-14,17,19H2,1H3. The number of morpholine rings is 1. The number of imidazole rings is 1. The fourth-order valence-corrected chi connectivity index (χ4v) is 5.53. The van der Waals surface area contributed by atoms with Crippen molar-refractivity contribution in [3.8, 4) is 22.6 Å². The molecule has 7 nitrogen and oxygen atoms in total. The molecular formula is C27H32ClN5O2. The smallest absolute Gasteiger partial charge is 0.151 e. The maximum atomic E-state index is 6.79. The number of benzene rings is 2. The molecule has 2 fully saturated rings. The highest BCUT2D eigenvalue weighted by atomic mass is 35.5. The minimum Gasteiger partial charge on any atom is -0.483 e. The fraction of sp³-hybridized carbons (Fsp3) is 0.444. The van der Waals surface area contributed by atoms with Gasteiger partial charge in [0.2, 0.25) is 0 Å². The van der Waals surface area contributed by atoms with E-state index in [9.17, 15) is 0 Å². The molecule has 0 atom stereocenters. The van der Waals surface area contributed by atoms with E-state index in [-0.39, 0.29) is 0 Å². The molecular weight excluding hydrogens is 462 g/mol. The third kappa shape index (κ3) is 4.66. The van der Waals surface area contributed by atoms with Crippen LogP contribution in [0.15, 0.2) is 42.6 Å². The van der Waals surface area contributed by atoms with Crippen LogP contribution in [-0.4, -0.2) is 78.4 Å². The van der Waals surface area contributed by atoms with Crippen molar-refractivity contribution in [1.29, 1.82) is 0 Å². The first kappa shape index (κ1) is 22.9. The van der Waals surface area contributed by atoms with Crippen molar-refractivity contribution in [2.24, 2.45) is 0 Å². The molecule has 35 heavy (non-hydrogen) atoms. The van der Waals surface area contributed by atoms with E-state index >= 15 is 0 Å². The number of fused-ring (bicyclic) bond motifs is 3. The molecule has 0 saturated carbocycles. The predicted octanol–water partition coefficient (Wildman–Crippen LogP) is 4.06. The second-order valence-electron chi connectivity index (χ2n) is 9.46. The molecule has 2 saturated heterocycles. The molecule has 0 spiro atoms. The van der Waals surface area contributed by atoms with Gasteiger partial charge in [-0.25, -0.2) is 4.98 Å². The van der Waals surface area contributed by atoms with Gasteiger partial charge in [-0.15, -0.1) is 0 Å². The van der Waals surface area contributed by atoms with Gasteiger partial charge in [-0.1, -0.05) is 30.7 Å². The van der Waals surface area contributed by atoms with E-state index in [0.717, 1.165) is 105 Å².